The smallest absolute Gasteiger partial charge is 0.266 e. The highest BCUT2D eigenvalue weighted by Crippen LogP contribution is 2.44. The van der Waals surface area contributed by atoms with Gasteiger partial charge in [-0.05, 0) is 49.8 Å². The summed E-state index contributed by atoms with van der Waals surface area (Å²) in [6, 6.07) is 12.8. The number of allylic oxidation sites excluding steroid dienone is 4. The summed E-state index contributed by atoms with van der Waals surface area (Å²) in [5.74, 6) is 1.74. The van der Waals surface area contributed by atoms with E-state index in [1.807, 2.05) is 36.1 Å². The molecule has 0 unspecified atom stereocenters. The minimum Gasteiger partial charge on any atom is -0.439 e. The number of carbonyl (C=O) groups excluding carboxylic acids is 1. The molecule has 2 aliphatic heterocycles. The maximum absolute atomic E-state index is 13.1. The molecule has 1 amide bonds. The third kappa shape index (κ3) is 4.11. The van der Waals surface area contributed by atoms with E-state index in [9.17, 15) is 4.79 Å². The summed E-state index contributed by atoms with van der Waals surface area (Å²) >= 11 is 7.01. The number of ether oxygens (including phenoxy) is 1. The van der Waals surface area contributed by atoms with Crippen molar-refractivity contribution in [2.24, 2.45) is 0 Å². The van der Waals surface area contributed by atoms with Crippen molar-refractivity contribution in [3.8, 4) is 5.75 Å². The molecule has 2 fully saturated rings. The first kappa shape index (κ1) is 22.2. The molecule has 2 aromatic carbocycles. The van der Waals surface area contributed by atoms with Crippen LogP contribution in [0.1, 0.15) is 46.0 Å². The lowest BCUT2D eigenvalue weighted by molar-refractivity contribution is -0.124. The Morgan fingerprint density at radius 2 is 1.97 bits per heavy atom. The number of carbonyl (C=O) groups is 1. The van der Waals surface area contributed by atoms with Gasteiger partial charge in [-0.3, -0.25) is 9.69 Å². The van der Waals surface area contributed by atoms with Crippen molar-refractivity contribution in [3.63, 3.8) is 0 Å². The molecule has 5 rings (SSSR count). The number of hydrogen-bond donors (Lipinski definition) is 0. The van der Waals surface area contributed by atoms with Crippen LogP contribution < -0.4 is 9.64 Å². The number of benzene rings is 2. The average Bonchev–Trinajstić information content (AvgIpc) is 3.35. The minimum absolute atomic E-state index is 0.0675. The number of anilines is 1. The van der Waals surface area contributed by atoms with E-state index in [1.54, 1.807) is 0 Å². The van der Waals surface area contributed by atoms with Crippen molar-refractivity contribution in [1.82, 2.24) is 4.90 Å². The lowest BCUT2D eigenvalue weighted by atomic mass is 9.94. The molecule has 0 atom stereocenters. The zero-order valence-electron chi connectivity index (χ0n) is 19.0. The molecule has 1 saturated carbocycles. The zero-order chi connectivity index (χ0) is 22.9. The molecule has 0 spiro atoms. The predicted octanol–water partition coefficient (Wildman–Crippen LogP) is 6.92. The van der Waals surface area contributed by atoms with Gasteiger partial charge in [-0.1, -0.05) is 85.7 Å². The van der Waals surface area contributed by atoms with Crippen LogP contribution in [-0.4, -0.2) is 27.7 Å². The lowest BCUT2D eigenvalue weighted by Crippen LogP contribution is -2.39. The highest BCUT2D eigenvalue weighted by molar-refractivity contribution is 8.26. The van der Waals surface area contributed by atoms with Crippen LogP contribution in [0.15, 0.2) is 71.0 Å². The number of rotatable bonds is 4. The first-order valence-corrected chi connectivity index (χ1v) is 12.9. The standard InChI is InChI=1S/C27H28N2O2S2/c1-3-28-23(31-22-17-16-19-11-7-8-14-21(19)24(22)28)15-9-10-18(2)25-26(30)29(27(32)33-25)20-12-5-4-6-13-20/h7-11,14-17,20H,3-6,12-13H2,1-2H3/b10-9+,23-15+,25-18+. The zero-order valence-corrected chi connectivity index (χ0v) is 20.7. The summed E-state index contributed by atoms with van der Waals surface area (Å²) in [4.78, 5) is 17.9. The number of hydrogen-bond acceptors (Lipinski definition) is 5. The van der Waals surface area contributed by atoms with E-state index in [0.29, 0.717) is 4.32 Å². The van der Waals surface area contributed by atoms with Crippen LogP contribution in [-0.2, 0) is 4.79 Å². The van der Waals surface area contributed by atoms with E-state index in [-0.39, 0.29) is 11.9 Å². The van der Waals surface area contributed by atoms with Crippen molar-refractivity contribution in [2.45, 2.75) is 52.0 Å². The third-order valence-electron chi connectivity index (χ3n) is 6.61. The predicted molar refractivity (Wildman–Crippen MR) is 141 cm³/mol. The van der Waals surface area contributed by atoms with Crippen molar-refractivity contribution >= 4 is 50.7 Å². The van der Waals surface area contributed by atoms with E-state index in [0.717, 1.165) is 47.2 Å². The van der Waals surface area contributed by atoms with Crippen molar-refractivity contribution < 1.29 is 9.53 Å². The lowest BCUT2D eigenvalue weighted by Gasteiger charge is -2.29. The first-order valence-electron chi connectivity index (χ1n) is 11.7. The molecule has 0 bridgehead atoms. The maximum atomic E-state index is 13.1. The molecular formula is C27H28N2O2S2. The summed E-state index contributed by atoms with van der Waals surface area (Å²) in [5, 5.41) is 2.39. The summed E-state index contributed by atoms with van der Waals surface area (Å²) in [5.41, 5.74) is 2.05. The molecule has 1 saturated heterocycles. The van der Waals surface area contributed by atoms with Gasteiger partial charge in [-0.2, -0.15) is 0 Å². The summed E-state index contributed by atoms with van der Waals surface area (Å²) in [6.07, 6.45) is 11.7. The molecule has 1 aliphatic carbocycles. The second-order valence-corrected chi connectivity index (χ2v) is 10.3. The molecule has 4 nitrogen and oxygen atoms in total. The van der Waals surface area contributed by atoms with E-state index in [2.05, 4.69) is 42.2 Å². The number of fused-ring (bicyclic) bond motifs is 3. The SMILES string of the molecule is CCN1\C(=C/C=C/C(C)=C2/SC(=S)N(C3CCCCC3)C2=O)Oc2ccc3ccccc3c21. The van der Waals surface area contributed by atoms with Gasteiger partial charge in [-0.15, -0.1) is 0 Å². The number of amides is 1. The van der Waals surface area contributed by atoms with Gasteiger partial charge in [0.25, 0.3) is 5.91 Å². The number of thiocarbonyl (C=S) groups is 1. The van der Waals surface area contributed by atoms with Crippen LogP contribution in [0.2, 0.25) is 0 Å². The maximum Gasteiger partial charge on any atom is 0.266 e. The Balaban J connectivity index is 1.37. The van der Waals surface area contributed by atoms with E-state index < -0.39 is 0 Å². The van der Waals surface area contributed by atoms with Gasteiger partial charge in [0, 0.05) is 18.0 Å². The van der Waals surface area contributed by atoms with Crippen molar-refractivity contribution in [3.05, 3.63) is 71.0 Å². The molecule has 0 N–H and O–H groups in total. The quantitative estimate of drug-likeness (QED) is 0.353. The number of nitrogens with zero attached hydrogens (tertiary/aromatic N) is 2. The Kier molecular flexibility index (Phi) is 6.30. The van der Waals surface area contributed by atoms with Gasteiger partial charge in [0.05, 0.1) is 10.6 Å². The summed E-state index contributed by atoms with van der Waals surface area (Å²) in [6.45, 7) is 4.91. The van der Waals surface area contributed by atoms with Crippen LogP contribution in [0, 0.1) is 0 Å². The Morgan fingerprint density at radius 3 is 2.76 bits per heavy atom. The van der Waals surface area contributed by atoms with Crippen LogP contribution in [0.4, 0.5) is 5.69 Å². The fourth-order valence-corrected chi connectivity index (χ4v) is 6.34. The molecule has 0 aromatic heterocycles. The highest BCUT2D eigenvalue weighted by atomic mass is 32.2. The molecule has 170 valence electrons. The van der Waals surface area contributed by atoms with Crippen molar-refractivity contribution in [1.29, 1.82) is 0 Å². The Hall–Kier alpha value is -2.57. The second-order valence-electron chi connectivity index (χ2n) is 8.69. The van der Waals surface area contributed by atoms with E-state index >= 15 is 0 Å². The van der Waals surface area contributed by atoms with Crippen LogP contribution in [0.25, 0.3) is 10.8 Å². The van der Waals surface area contributed by atoms with Gasteiger partial charge in [-0.25, -0.2) is 0 Å². The monoisotopic (exact) mass is 476 g/mol. The molecular weight excluding hydrogens is 448 g/mol. The van der Waals surface area contributed by atoms with E-state index in [1.165, 1.54) is 41.8 Å². The molecule has 3 aliphatic rings. The Morgan fingerprint density at radius 1 is 1.18 bits per heavy atom. The average molecular weight is 477 g/mol. The summed E-state index contributed by atoms with van der Waals surface area (Å²) < 4.78 is 6.88. The fraction of sp³-hybridized carbons (Fsp3) is 0.333. The highest BCUT2D eigenvalue weighted by Gasteiger charge is 2.38. The van der Waals surface area contributed by atoms with Crippen LogP contribution >= 0.6 is 24.0 Å². The van der Waals surface area contributed by atoms with Crippen molar-refractivity contribution in [2.75, 3.05) is 11.4 Å². The van der Waals surface area contributed by atoms with Gasteiger partial charge < -0.3 is 9.64 Å². The Bertz CT molecular complexity index is 1210. The molecule has 6 heteroatoms. The second kappa shape index (κ2) is 9.35. The molecule has 33 heavy (non-hydrogen) atoms. The normalized spacial score (nSPS) is 22.1. The topological polar surface area (TPSA) is 32.8 Å². The third-order valence-corrected chi connectivity index (χ3v) is 8.13. The van der Waals surface area contributed by atoms with Gasteiger partial charge in [0.2, 0.25) is 5.88 Å². The molecule has 2 heterocycles. The van der Waals surface area contributed by atoms with Crippen LogP contribution in [0.3, 0.4) is 0 Å². The molecule has 0 radical (unpaired) electrons. The largest absolute Gasteiger partial charge is 0.439 e. The fourth-order valence-electron chi connectivity index (χ4n) is 4.94. The van der Waals surface area contributed by atoms with Gasteiger partial charge in [0.1, 0.15) is 4.32 Å². The molecule has 2 aromatic rings. The first-order chi connectivity index (χ1) is 16.1. The number of thioether (sulfide) groups is 1. The van der Waals surface area contributed by atoms with Gasteiger partial charge in [0.15, 0.2) is 5.75 Å². The van der Waals surface area contributed by atoms with Gasteiger partial charge >= 0.3 is 0 Å². The minimum atomic E-state index is 0.0675. The van der Waals surface area contributed by atoms with E-state index in [4.69, 9.17) is 17.0 Å². The van der Waals surface area contributed by atoms with Crippen LogP contribution in [0.5, 0.6) is 5.75 Å². The Labute approximate surface area is 205 Å². The summed E-state index contributed by atoms with van der Waals surface area (Å²) in [7, 11) is 0.